The zero-order chi connectivity index (χ0) is 22.8. The molecule has 1 saturated heterocycles. The number of carboxylic acids is 1. The molecule has 1 heterocycles. The van der Waals surface area contributed by atoms with E-state index in [1.54, 1.807) is 23.1 Å². The van der Waals surface area contributed by atoms with E-state index in [4.69, 9.17) is 22.1 Å². The number of thiocarbonyl (C=S) groups is 1. The first-order chi connectivity index (χ1) is 14.8. The summed E-state index contributed by atoms with van der Waals surface area (Å²) < 4.78 is 6.23. The van der Waals surface area contributed by atoms with Gasteiger partial charge in [-0.2, -0.15) is 0 Å². The Kier molecular flexibility index (Phi) is 10.8. The second-order valence-corrected chi connectivity index (χ2v) is 9.89. The minimum Gasteiger partial charge on any atom is -0.503 e. The lowest BCUT2D eigenvalue weighted by atomic mass is 10.1. The summed E-state index contributed by atoms with van der Waals surface area (Å²) in [4.78, 5) is 25.4. The highest BCUT2D eigenvalue weighted by Crippen LogP contribution is 2.38. The van der Waals surface area contributed by atoms with Gasteiger partial charge in [-0.15, -0.1) is 0 Å². The molecule has 1 aliphatic heterocycles. The van der Waals surface area contributed by atoms with Gasteiger partial charge in [0.2, 0.25) is 0 Å². The van der Waals surface area contributed by atoms with Crippen molar-refractivity contribution in [3.8, 4) is 11.5 Å². The number of thioether (sulfide) groups is 1. The van der Waals surface area contributed by atoms with Crippen molar-refractivity contribution in [1.82, 2.24) is 4.90 Å². The molecule has 0 unspecified atom stereocenters. The van der Waals surface area contributed by atoms with E-state index in [2.05, 4.69) is 15.9 Å². The van der Waals surface area contributed by atoms with Crippen LogP contribution in [-0.4, -0.2) is 45.0 Å². The summed E-state index contributed by atoms with van der Waals surface area (Å²) in [6, 6.07) is 3.40. The van der Waals surface area contributed by atoms with Crippen LogP contribution in [0.2, 0.25) is 0 Å². The number of phenols is 1. The summed E-state index contributed by atoms with van der Waals surface area (Å²) in [5, 5.41) is 18.6. The van der Waals surface area contributed by atoms with Crippen molar-refractivity contribution in [3.63, 3.8) is 0 Å². The highest BCUT2D eigenvalue weighted by molar-refractivity contribution is 9.10. The zero-order valence-electron chi connectivity index (χ0n) is 17.6. The molecular formula is C22H28BrNO5S2. The van der Waals surface area contributed by atoms with Crippen LogP contribution in [0.5, 0.6) is 11.5 Å². The fraction of sp³-hybridized carbons (Fsp3) is 0.500. The van der Waals surface area contributed by atoms with Gasteiger partial charge >= 0.3 is 5.97 Å². The Morgan fingerprint density at radius 3 is 2.39 bits per heavy atom. The summed E-state index contributed by atoms with van der Waals surface area (Å²) >= 11 is 9.98. The molecule has 170 valence electrons. The Hall–Kier alpha value is -1.58. The van der Waals surface area contributed by atoms with Crippen LogP contribution in [0.15, 0.2) is 21.5 Å². The van der Waals surface area contributed by atoms with Gasteiger partial charge in [-0.3, -0.25) is 14.5 Å². The number of carboxylic acid groups (broad SMARTS) is 1. The van der Waals surface area contributed by atoms with Crippen molar-refractivity contribution in [2.24, 2.45) is 0 Å². The van der Waals surface area contributed by atoms with Gasteiger partial charge in [-0.1, -0.05) is 62.5 Å². The van der Waals surface area contributed by atoms with Crippen molar-refractivity contribution in [1.29, 1.82) is 0 Å². The van der Waals surface area contributed by atoms with Crippen molar-refractivity contribution < 1.29 is 24.5 Å². The molecule has 0 spiro atoms. The number of carbonyl (C=O) groups excluding carboxylic acids is 1. The molecule has 0 bridgehead atoms. The third-order valence-corrected chi connectivity index (χ3v) is 6.95. The van der Waals surface area contributed by atoms with Gasteiger partial charge < -0.3 is 14.9 Å². The minimum atomic E-state index is -0.721. The predicted octanol–water partition coefficient (Wildman–Crippen LogP) is 5.96. The monoisotopic (exact) mass is 529 g/mol. The summed E-state index contributed by atoms with van der Waals surface area (Å²) in [6.45, 7) is 0.614. The third-order valence-electron chi connectivity index (χ3n) is 4.96. The number of rotatable bonds is 13. The number of ether oxygens (including phenoxy) is 1. The summed E-state index contributed by atoms with van der Waals surface area (Å²) in [5.41, 5.74) is 0.741. The molecule has 6 nitrogen and oxygen atoms in total. The Morgan fingerprint density at radius 1 is 1.16 bits per heavy atom. The second kappa shape index (κ2) is 13.1. The normalized spacial score (nSPS) is 15.2. The number of amides is 1. The molecule has 2 rings (SSSR count). The Morgan fingerprint density at radius 2 is 1.77 bits per heavy atom. The predicted molar refractivity (Wildman–Crippen MR) is 131 cm³/mol. The zero-order valence-corrected chi connectivity index (χ0v) is 20.8. The number of halogens is 1. The molecular weight excluding hydrogens is 502 g/mol. The van der Waals surface area contributed by atoms with Crippen molar-refractivity contribution in [2.75, 3.05) is 13.7 Å². The van der Waals surface area contributed by atoms with Crippen LogP contribution in [0.3, 0.4) is 0 Å². The average molecular weight is 531 g/mol. The van der Waals surface area contributed by atoms with Gasteiger partial charge in [-0.25, -0.2) is 0 Å². The first kappa shape index (κ1) is 25.7. The van der Waals surface area contributed by atoms with Gasteiger partial charge in [0, 0.05) is 13.0 Å². The van der Waals surface area contributed by atoms with E-state index in [9.17, 15) is 14.7 Å². The third kappa shape index (κ3) is 8.12. The SMILES string of the molecule is COc1cc(/C=C2/SC(=S)N(CCCCCCCCCCC(=O)O)C2=O)cc(Br)c1O. The number of phenolic OH excluding ortho intramolecular Hbond substituents is 1. The first-order valence-corrected chi connectivity index (χ1v) is 12.4. The number of unbranched alkanes of at least 4 members (excludes halogenated alkanes) is 7. The van der Waals surface area contributed by atoms with Crippen LogP contribution >= 0.6 is 39.9 Å². The molecule has 2 N–H and O–H groups in total. The van der Waals surface area contributed by atoms with E-state index in [0.29, 0.717) is 26.0 Å². The number of aromatic hydroxyl groups is 1. The molecule has 9 heteroatoms. The van der Waals surface area contributed by atoms with Crippen LogP contribution in [0.4, 0.5) is 0 Å². The molecule has 31 heavy (non-hydrogen) atoms. The van der Waals surface area contributed by atoms with Crippen molar-refractivity contribution >= 4 is 62.2 Å². The standard InChI is InChI=1S/C22H28BrNO5S2/c1-29-17-13-15(12-16(23)20(17)27)14-18-21(28)24(22(30)31-18)11-9-7-5-3-2-4-6-8-10-19(25)26/h12-14,27H,2-11H2,1H3,(H,25,26)/b18-14+. The topological polar surface area (TPSA) is 87.1 Å². The van der Waals surface area contributed by atoms with Crippen LogP contribution in [0.25, 0.3) is 6.08 Å². The number of hydrogen-bond donors (Lipinski definition) is 2. The van der Waals surface area contributed by atoms with Crippen molar-refractivity contribution in [3.05, 3.63) is 27.1 Å². The molecule has 0 aromatic heterocycles. The van der Waals surface area contributed by atoms with Gasteiger partial charge in [0.15, 0.2) is 11.5 Å². The van der Waals surface area contributed by atoms with Gasteiger partial charge in [0.1, 0.15) is 4.32 Å². The summed E-state index contributed by atoms with van der Waals surface area (Å²) in [5.74, 6) is -0.455. The number of methoxy groups -OCH3 is 1. The molecule has 0 radical (unpaired) electrons. The lowest BCUT2D eigenvalue weighted by molar-refractivity contribution is -0.137. The fourth-order valence-corrected chi connectivity index (χ4v) is 5.05. The van der Waals surface area contributed by atoms with Crippen LogP contribution in [0.1, 0.15) is 63.4 Å². The lowest BCUT2D eigenvalue weighted by Gasteiger charge is -2.14. The van der Waals surface area contributed by atoms with E-state index >= 15 is 0 Å². The Labute approximate surface area is 201 Å². The number of carbonyl (C=O) groups is 2. The molecule has 0 saturated carbocycles. The van der Waals surface area contributed by atoms with E-state index in [1.165, 1.54) is 18.9 Å². The van der Waals surface area contributed by atoms with Crippen LogP contribution < -0.4 is 4.74 Å². The smallest absolute Gasteiger partial charge is 0.303 e. The van der Waals surface area contributed by atoms with Crippen LogP contribution in [-0.2, 0) is 9.59 Å². The quantitative estimate of drug-likeness (QED) is 0.185. The highest BCUT2D eigenvalue weighted by Gasteiger charge is 2.31. The van der Waals surface area contributed by atoms with E-state index in [0.717, 1.165) is 56.9 Å². The largest absolute Gasteiger partial charge is 0.503 e. The summed E-state index contributed by atoms with van der Waals surface area (Å²) in [6.07, 6.45) is 10.1. The number of nitrogens with zero attached hydrogens (tertiary/aromatic N) is 1. The van der Waals surface area contributed by atoms with Gasteiger partial charge in [0.25, 0.3) is 5.91 Å². The number of benzene rings is 1. The Balaban J connectivity index is 1.75. The maximum Gasteiger partial charge on any atom is 0.303 e. The Bertz CT molecular complexity index is 843. The van der Waals surface area contributed by atoms with Crippen LogP contribution in [0, 0.1) is 0 Å². The molecule has 1 aliphatic rings. The van der Waals surface area contributed by atoms with Gasteiger partial charge in [-0.05, 0) is 52.5 Å². The van der Waals surface area contributed by atoms with E-state index < -0.39 is 5.97 Å². The molecule has 1 fully saturated rings. The van der Waals surface area contributed by atoms with Crippen molar-refractivity contribution in [2.45, 2.75) is 57.8 Å². The molecule has 1 amide bonds. The molecule has 1 aromatic carbocycles. The maximum absolute atomic E-state index is 12.8. The summed E-state index contributed by atoms with van der Waals surface area (Å²) in [7, 11) is 1.48. The molecule has 0 atom stereocenters. The van der Waals surface area contributed by atoms with E-state index in [-0.39, 0.29) is 18.1 Å². The van der Waals surface area contributed by atoms with E-state index in [1.807, 2.05) is 0 Å². The average Bonchev–Trinajstić information content (AvgIpc) is 2.98. The second-order valence-electron chi connectivity index (χ2n) is 7.36. The highest BCUT2D eigenvalue weighted by atomic mass is 79.9. The number of hydrogen-bond acceptors (Lipinski definition) is 6. The maximum atomic E-state index is 12.8. The molecule has 1 aromatic rings. The number of aliphatic carboxylic acids is 1. The fourth-order valence-electron chi connectivity index (χ4n) is 3.28. The molecule has 0 aliphatic carbocycles. The lowest BCUT2D eigenvalue weighted by Crippen LogP contribution is -2.29. The minimum absolute atomic E-state index is 0.0208. The van der Waals surface area contributed by atoms with Gasteiger partial charge in [0.05, 0.1) is 16.5 Å². The first-order valence-electron chi connectivity index (χ1n) is 10.4.